The third-order valence-corrected chi connectivity index (χ3v) is 8.29. The van der Waals surface area contributed by atoms with E-state index < -0.39 is 51.8 Å². The van der Waals surface area contributed by atoms with Crippen molar-refractivity contribution in [1.29, 1.82) is 0 Å². The van der Waals surface area contributed by atoms with Crippen LogP contribution in [0.4, 0.5) is 5.82 Å². The Hall–Kier alpha value is -1.18. The van der Waals surface area contributed by atoms with Gasteiger partial charge < -0.3 is 34.8 Å². The van der Waals surface area contributed by atoms with Crippen molar-refractivity contribution in [1.82, 2.24) is 19.5 Å². The lowest BCUT2D eigenvalue weighted by atomic mass is 9.60. The van der Waals surface area contributed by atoms with E-state index in [0.29, 0.717) is 29.8 Å². The highest BCUT2D eigenvalue weighted by Crippen LogP contribution is 2.65. The minimum atomic E-state index is -5.28. The van der Waals surface area contributed by atoms with Crippen molar-refractivity contribution < 1.29 is 42.9 Å². The van der Waals surface area contributed by atoms with Crippen molar-refractivity contribution in [3.63, 3.8) is 0 Å². The number of nitrogens with one attached hydrogen (secondary N) is 1. The average molecular weight is 500 g/mol. The van der Waals surface area contributed by atoms with Gasteiger partial charge in [-0.25, -0.2) is 14.1 Å². The van der Waals surface area contributed by atoms with Crippen molar-refractivity contribution in [3.05, 3.63) is 11.6 Å². The van der Waals surface area contributed by atoms with E-state index in [1.165, 1.54) is 6.33 Å². The molecule has 2 aromatic heterocycles. The summed E-state index contributed by atoms with van der Waals surface area (Å²) in [5, 5.41) is 24.4. The molecule has 172 valence electrons. The van der Waals surface area contributed by atoms with Crippen LogP contribution in [-0.4, -0.2) is 70.3 Å². The first-order valence-electron chi connectivity index (χ1n) is 9.07. The number of fused-ring (bicyclic) bond motifs is 2. The van der Waals surface area contributed by atoms with Crippen molar-refractivity contribution in [3.8, 4) is 0 Å². The second kappa shape index (κ2) is 7.70. The topological polar surface area (TPSA) is 209 Å². The first kappa shape index (κ1) is 23.0. The average Bonchev–Trinajstić information content (AvgIpc) is 3.10. The molecule has 2 aromatic rings. The molecule has 0 bridgehead atoms. The number of aliphatic hydroxyl groups is 2. The predicted molar refractivity (Wildman–Crippen MR) is 105 cm³/mol. The Bertz CT molecular complexity index is 1110. The molecule has 0 saturated heterocycles. The molecule has 2 aliphatic carbocycles. The third-order valence-electron chi connectivity index (χ3n) is 5.99. The van der Waals surface area contributed by atoms with E-state index in [1.807, 2.05) is 0 Å². The van der Waals surface area contributed by atoms with Gasteiger partial charge >= 0.3 is 15.6 Å². The molecule has 2 fully saturated rings. The van der Waals surface area contributed by atoms with E-state index in [9.17, 15) is 24.2 Å². The van der Waals surface area contributed by atoms with Crippen molar-refractivity contribution in [2.24, 2.45) is 11.3 Å². The first-order valence-corrected chi connectivity index (χ1v) is 12.5. The first-order chi connectivity index (χ1) is 14.4. The van der Waals surface area contributed by atoms with Gasteiger partial charge in [0.1, 0.15) is 6.10 Å². The molecule has 17 heteroatoms. The van der Waals surface area contributed by atoms with E-state index in [4.69, 9.17) is 25.9 Å². The maximum atomic E-state index is 11.9. The molecule has 31 heavy (non-hydrogen) atoms. The zero-order valence-corrected chi connectivity index (χ0v) is 18.5. The largest absolute Gasteiger partial charge is 0.481 e. The highest BCUT2D eigenvalue weighted by molar-refractivity contribution is 7.60. The fraction of sp³-hybridized carbons (Fsp3) is 0.643. The number of halogens is 1. The molecule has 1 unspecified atom stereocenters. The van der Waals surface area contributed by atoms with Crippen molar-refractivity contribution in [2.75, 3.05) is 19.0 Å². The van der Waals surface area contributed by atoms with Crippen molar-refractivity contribution in [2.45, 2.75) is 31.1 Å². The second-order valence-electron chi connectivity index (χ2n) is 7.53. The third kappa shape index (κ3) is 3.91. The van der Waals surface area contributed by atoms with Gasteiger partial charge in [0.25, 0.3) is 0 Å². The fourth-order valence-electron chi connectivity index (χ4n) is 4.59. The predicted octanol–water partition coefficient (Wildman–Crippen LogP) is 0.421. The number of aromatic nitrogens is 4. The molecule has 0 amide bonds. The van der Waals surface area contributed by atoms with Gasteiger partial charge in [-0.2, -0.15) is 14.3 Å². The summed E-state index contributed by atoms with van der Waals surface area (Å²) in [5.74, 6) is -0.0440. The van der Waals surface area contributed by atoms with Gasteiger partial charge in [0, 0.05) is 12.5 Å². The summed E-state index contributed by atoms with van der Waals surface area (Å²) >= 11 is 5.99. The lowest BCUT2D eigenvalue weighted by Crippen LogP contribution is -2.49. The summed E-state index contributed by atoms with van der Waals surface area (Å²) in [6.45, 7) is -0.565. The van der Waals surface area contributed by atoms with Gasteiger partial charge in [0.15, 0.2) is 17.0 Å². The molecular formula is C14H20ClN5O9P2. The van der Waals surface area contributed by atoms with E-state index in [0.717, 1.165) is 0 Å². The van der Waals surface area contributed by atoms with Crippen LogP contribution in [0.25, 0.3) is 11.2 Å². The van der Waals surface area contributed by atoms with Gasteiger partial charge in [-0.15, -0.1) is 0 Å². The molecule has 2 heterocycles. The van der Waals surface area contributed by atoms with Crippen LogP contribution in [0.1, 0.15) is 18.9 Å². The molecule has 0 aliphatic heterocycles. The van der Waals surface area contributed by atoms with Gasteiger partial charge in [-0.3, -0.25) is 4.52 Å². The zero-order chi connectivity index (χ0) is 22.8. The van der Waals surface area contributed by atoms with Crippen LogP contribution in [0, 0.1) is 11.3 Å². The molecule has 4 rings (SSSR count). The molecule has 6 N–H and O–H groups in total. The zero-order valence-electron chi connectivity index (χ0n) is 15.9. The van der Waals surface area contributed by atoms with E-state index in [2.05, 4.69) is 24.6 Å². The monoisotopic (exact) mass is 499 g/mol. The number of nitrogens with zero attached hydrogens (tertiary/aromatic N) is 4. The van der Waals surface area contributed by atoms with Gasteiger partial charge in [0.05, 0.1) is 25.1 Å². The molecule has 2 aliphatic rings. The second-order valence-corrected chi connectivity index (χ2v) is 10.7. The highest BCUT2D eigenvalue weighted by atomic mass is 35.5. The highest BCUT2D eigenvalue weighted by Gasteiger charge is 2.66. The summed E-state index contributed by atoms with van der Waals surface area (Å²) < 4.78 is 32.9. The number of hydrogen-bond donors (Lipinski definition) is 6. The smallest absolute Gasteiger partial charge is 0.390 e. The lowest BCUT2D eigenvalue weighted by Gasteiger charge is -2.47. The van der Waals surface area contributed by atoms with Gasteiger partial charge in [0.2, 0.25) is 5.28 Å². The molecular weight excluding hydrogens is 480 g/mol. The van der Waals surface area contributed by atoms with Crippen LogP contribution in [0.15, 0.2) is 6.33 Å². The Labute approximate surface area is 180 Å². The summed E-state index contributed by atoms with van der Waals surface area (Å²) in [7, 11) is -8.76. The Morgan fingerprint density at radius 2 is 2.03 bits per heavy atom. The molecule has 6 atom stereocenters. The standard InChI is InChI=1S/C14H20ClN5O9P2/c1-16-11-7-12(19-13(15)18-11)20(5-17-7)8-6-2-3-14(6,10(22)9(8)21)4-28-31(26,27)29-30(23,24)25/h5-6,8-10,21-22H,2-4H2,1H3,(H,26,27)(H,16,18,19)(H2,23,24,25)/t6-,8-,9+,10+,14+/m1/s1. The maximum Gasteiger partial charge on any atom is 0.481 e. The molecule has 0 radical (unpaired) electrons. The Balaban J connectivity index is 1.65. The van der Waals surface area contributed by atoms with Crippen LogP contribution >= 0.6 is 27.2 Å². The number of aliphatic hydroxyl groups excluding tert-OH is 2. The molecule has 0 aromatic carbocycles. The Morgan fingerprint density at radius 3 is 2.61 bits per heavy atom. The molecule has 2 saturated carbocycles. The van der Waals surface area contributed by atoms with Crippen molar-refractivity contribution >= 4 is 44.2 Å². The summed E-state index contributed by atoms with van der Waals surface area (Å²) in [6.07, 6.45) is -0.354. The van der Waals surface area contributed by atoms with Crippen LogP contribution in [-0.2, 0) is 18.0 Å². The van der Waals surface area contributed by atoms with E-state index in [-0.39, 0.29) is 5.28 Å². The fourth-order valence-corrected chi connectivity index (χ4v) is 6.42. The van der Waals surface area contributed by atoms with Gasteiger partial charge in [-0.05, 0) is 30.4 Å². The van der Waals surface area contributed by atoms with Crippen LogP contribution < -0.4 is 5.32 Å². The summed E-state index contributed by atoms with van der Waals surface area (Å²) in [6, 6.07) is -0.714. The SMILES string of the molecule is CNc1nc(Cl)nc2c1ncn2[C@H]1[C@H](O)[C@H](O)[C@]2(COP(=O)(O)OP(=O)(O)O)CC[C@H]12. The van der Waals surface area contributed by atoms with Gasteiger partial charge in [-0.1, -0.05) is 0 Å². The minimum absolute atomic E-state index is 0.0503. The lowest BCUT2D eigenvalue weighted by molar-refractivity contribution is -0.0967. The maximum absolute atomic E-state index is 11.9. The number of hydrogen-bond acceptors (Lipinski definition) is 10. The number of anilines is 1. The summed E-state index contributed by atoms with van der Waals surface area (Å²) in [4.78, 5) is 39.6. The van der Waals surface area contributed by atoms with E-state index in [1.54, 1.807) is 11.6 Å². The number of phosphoric acid groups is 2. The number of imidazole rings is 1. The molecule has 14 nitrogen and oxygen atoms in total. The van der Waals surface area contributed by atoms with Crippen LogP contribution in [0.5, 0.6) is 0 Å². The quantitative estimate of drug-likeness (QED) is 0.225. The number of rotatable bonds is 7. The minimum Gasteiger partial charge on any atom is -0.390 e. The van der Waals surface area contributed by atoms with E-state index >= 15 is 0 Å². The molecule has 0 spiro atoms. The normalized spacial score (nSPS) is 32.5. The Kier molecular flexibility index (Phi) is 5.71. The number of phosphoric ester groups is 1. The summed E-state index contributed by atoms with van der Waals surface area (Å²) in [5.41, 5.74) is -0.418. The van der Waals surface area contributed by atoms with Crippen LogP contribution in [0.3, 0.4) is 0 Å². The Morgan fingerprint density at radius 1 is 1.32 bits per heavy atom. The van der Waals surface area contributed by atoms with Crippen LogP contribution in [0.2, 0.25) is 5.28 Å².